The highest BCUT2D eigenvalue weighted by Crippen LogP contribution is 2.22. The van der Waals surface area contributed by atoms with Gasteiger partial charge in [-0.2, -0.15) is 5.26 Å². The molecule has 3 rings (SSSR count). The van der Waals surface area contributed by atoms with Gasteiger partial charge in [0.15, 0.2) is 0 Å². The van der Waals surface area contributed by atoms with Crippen LogP contribution in [0.3, 0.4) is 0 Å². The van der Waals surface area contributed by atoms with Crippen molar-refractivity contribution >= 4 is 23.4 Å². The largest absolute Gasteiger partial charge is 0.383 e. The van der Waals surface area contributed by atoms with Crippen molar-refractivity contribution in [2.75, 3.05) is 38.3 Å². The summed E-state index contributed by atoms with van der Waals surface area (Å²) >= 11 is 0. The first kappa shape index (κ1) is 20.6. The molecule has 0 atom stereocenters. The van der Waals surface area contributed by atoms with Crippen LogP contribution in [0.4, 0.5) is 5.82 Å². The standard InChI is InChI=1S/C21H25N5O3/c1-29-13-9-23-20(27)16(15-22)14-17-19(25-10-5-2-3-6-11-25)24-18-8-4-7-12-26(18)21(17)28/h4,7-8,12,14H,2-3,5-6,9-11,13H2,1H3,(H,23,27). The maximum absolute atomic E-state index is 13.2. The minimum absolute atomic E-state index is 0.132. The number of nitrogens with one attached hydrogen (secondary N) is 1. The molecule has 2 aromatic rings. The van der Waals surface area contributed by atoms with Gasteiger partial charge in [0.2, 0.25) is 0 Å². The lowest BCUT2D eigenvalue weighted by molar-refractivity contribution is -0.117. The number of nitrogens with zero attached hydrogens (tertiary/aromatic N) is 4. The molecule has 1 N–H and O–H groups in total. The first-order chi connectivity index (χ1) is 14.2. The Balaban J connectivity index is 2.09. The monoisotopic (exact) mass is 395 g/mol. The zero-order chi connectivity index (χ0) is 20.6. The van der Waals surface area contributed by atoms with Crippen LogP contribution in [-0.4, -0.2) is 48.6 Å². The maximum atomic E-state index is 13.2. The van der Waals surface area contributed by atoms with Crippen molar-refractivity contribution in [3.8, 4) is 6.07 Å². The molecule has 2 aromatic heterocycles. The Kier molecular flexibility index (Phi) is 6.98. The highest BCUT2D eigenvalue weighted by Gasteiger charge is 2.20. The molecule has 0 spiro atoms. The van der Waals surface area contributed by atoms with Crippen molar-refractivity contribution in [3.63, 3.8) is 0 Å². The summed E-state index contributed by atoms with van der Waals surface area (Å²) < 4.78 is 6.35. The second kappa shape index (κ2) is 9.85. The van der Waals surface area contributed by atoms with E-state index >= 15 is 0 Å². The van der Waals surface area contributed by atoms with Gasteiger partial charge in [-0.1, -0.05) is 18.9 Å². The normalized spacial score (nSPS) is 15.0. The number of methoxy groups -OCH3 is 1. The summed E-state index contributed by atoms with van der Waals surface area (Å²) in [5.74, 6) is -0.00975. The van der Waals surface area contributed by atoms with Crippen LogP contribution in [0.2, 0.25) is 0 Å². The Hall–Kier alpha value is -3.18. The Morgan fingerprint density at radius 3 is 2.76 bits per heavy atom. The van der Waals surface area contributed by atoms with E-state index in [0.717, 1.165) is 38.8 Å². The van der Waals surface area contributed by atoms with Gasteiger partial charge in [0.1, 0.15) is 23.1 Å². The first-order valence-corrected chi connectivity index (χ1v) is 9.81. The van der Waals surface area contributed by atoms with E-state index in [9.17, 15) is 14.9 Å². The topological polar surface area (TPSA) is 99.7 Å². The fraction of sp³-hybridized carbons (Fsp3) is 0.429. The number of pyridine rings is 1. The molecule has 1 aliphatic heterocycles. The second-order valence-corrected chi connectivity index (χ2v) is 6.90. The molecule has 1 fully saturated rings. The van der Waals surface area contributed by atoms with Crippen LogP contribution in [-0.2, 0) is 9.53 Å². The van der Waals surface area contributed by atoms with E-state index < -0.39 is 5.91 Å². The highest BCUT2D eigenvalue weighted by atomic mass is 16.5. The molecular weight excluding hydrogens is 370 g/mol. The molecule has 29 heavy (non-hydrogen) atoms. The van der Waals surface area contributed by atoms with E-state index in [1.165, 1.54) is 17.6 Å². The predicted octanol–water partition coefficient (Wildman–Crippen LogP) is 1.74. The van der Waals surface area contributed by atoms with Gasteiger partial charge < -0.3 is 15.0 Å². The van der Waals surface area contributed by atoms with Crippen molar-refractivity contribution in [1.29, 1.82) is 5.26 Å². The molecule has 8 nitrogen and oxygen atoms in total. The number of carbonyl (C=O) groups excluding carboxylic acids is 1. The van der Waals surface area contributed by atoms with Gasteiger partial charge in [-0.15, -0.1) is 0 Å². The smallest absolute Gasteiger partial charge is 0.267 e. The number of hydrogen-bond acceptors (Lipinski definition) is 6. The highest BCUT2D eigenvalue weighted by molar-refractivity contribution is 6.02. The zero-order valence-electron chi connectivity index (χ0n) is 16.6. The SMILES string of the molecule is COCCNC(=O)C(C#N)=Cc1c(N2CCCCCC2)nc2ccccn2c1=O. The molecule has 152 valence electrons. The molecule has 8 heteroatoms. The minimum atomic E-state index is -0.538. The molecule has 0 aromatic carbocycles. The number of nitriles is 1. The number of ether oxygens (including phenoxy) is 1. The third kappa shape index (κ3) is 4.81. The van der Waals surface area contributed by atoms with Crippen LogP contribution < -0.4 is 15.8 Å². The lowest BCUT2D eigenvalue weighted by Gasteiger charge is -2.23. The molecule has 1 saturated heterocycles. The van der Waals surface area contributed by atoms with Gasteiger partial charge in [-0.3, -0.25) is 14.0 Å². The average Bonchev–Trinajstić information content (AvgIpc) is 3.02. The predicted molar refractivity (Wildman–Crippen MR) is 111 cm³/mol. The van der Waals surface area contributed by atoms with Crippen molar-refractivity contribution in [1.82, 2.24) is 14.7 Å². The second-order valence-electron chi connectivity index (χ2n) is 6.90. The summed E-state index contributed by atoms with van der Waals surface area (Å²) in [7, 11) is 1.53. The molecule has 0 saturated carbocycles. The quantitative estimate of drug-likeness (QED) is 0.454. The summed E-state index contributed by atoms with van der Waals surface area (Å²) in [6.45, 7) is 2.20. The van der Waals surface area contributed by atoms with Crippen LogP contribution in [0, 0.1) is 11.3 Å². The minimum Gasteiger partial charge on any atom is -0.383 e. The molecule has 0 bridgehead atoms. The summed E-state index contributed by atoms with van der Waals surface area (Å²) in [5.41, 5.74) is 0.366. The van der Waals surface area contributed by atoms with Gasteiger partial charge in [0.25, 0.3) is 11.5 Å². The van der Waals surface area contributed by atoms with Gasteiger partial charge in [-0.25, -0.2) is 4.98 Å². The van der Waals surface area contributed by atoms with E-state index in [1.54, 1.807) is 18.3 Å². The number of carbonyl (C=O) groups is 1. The van der Waals surface area contributed by atoms with Gasteiger partial charge in [0.05, 0.1) is 12.2 Å². The first-order valence-electron chi connectivity index (χ1n) is 9.81. The van der Waals surface area contributed by atoms with E-state index in [4.69, 9.17) is 9.72 Å². The fourth-order valence-corrected chi connectivity index (χ4v) is 3.40. The van der Waals surface area contributed by atoms with Crippen LogP contribution in [0.25, 0.3) is 11.7 Å². The zero-order valence-corrected chi connectivity index (χ0v) is 16.6. The summed E-state index contributed by atoms with van der Waals surface area (Å²) in [4.78, 5) is 32.4. The van der Waals surface area contributed by atoms with Crippen molar-refractivity contribution in [2.45, 2.75) is 25.7 Å². The number of fused-ring (bicyclic) bond motifs is 1. The number of aromatic nitrogens is 2. The van der Waals surface area contributed by atoms with Gasteiger partial charge >= 0.3 is 0 Å². The van der Waals surface area contributed by atoms with Crippen LogP contribution in [0.1, 0.15) is 31.2 Å². The van der Waals surface area contributed by atoms with E-state index in [2.05, 4.69) is 10.2 Å². The fourth-order valence-electron chi connectivity index (χ4n) is 3.40. The third-order valence-corrected chi connectivity index (χ3v) is 4.90. The molecule has 1 amide bonds. The summed E-state index contributed by atoms with van der Waals surface area (Å²) in [6.07, 6.45) is 7.30. The molecule has 0 aliphatic carbocycles. The lowest BCUT2D eigenvalue weighted by atomic mass is 10.1. The van der Waals surface area contributed by atoms with Crippen molar-refractivity contribution in [2.24, 2.45) is 0 Å². The maximum Gasteiger partial charge on any atom is 0.267 e. The number of anilines is 1. The molecular formula is C21H25N5O3. The molecule has 0 radical (unpaired) electrons. The van der Waals surface area contributed by atoms with Crippen LogP contribution in [0.5, 0.6) is 0 Å². The van der Waals surface area contributed by atoms with E-state index in [1.807, 2.05) is 12.1 Å². The van der Waals surface area contributed by atoms with Crippen LogP contribution in [0.15, 0.2) is 34.8 Å². The average molecular weight is 395 g/mol. The molecule has 3 heterocycles. The van der Waals surface area contributed by atoms with E-state index in [-0.39, 0.29) is 23.2 Å². The van der Waals surface area contributed by atoms with Crippen LogP contribution >= 0.6 is 0 Å². The molecule has 1 aliphatic rings. The third-order valence-electron chi connectivity index (χ3n) is 4.90. The van der Waals surface area contributed by atoms with E-state index in [0.29, 0.717) is 18.1 Å². The summed E-state index contributed by atoms with van der Waals surface area (Å²) in [6, 6.07) is 7.26. The lowest BCUT2D eigenvalue weighted by Crippen LogP contribution is -2.31. The van der Waals surface area contributed by atoms with Gasteiger partial charge in [-0.05, 0) is 31.1 Å². The van der Waals surface area contributed by atoms with Crippen molar-refractivity contribution < 1.29 is 9.53 Å². The number of amides is 1. The van der Waals surface area contributed by atoms with Gasteiger partial charge in [0, 0.05) is 32.9 Å². The Bertz CT molecular complexity index is 998. The Labute approximate surface area is 169 Å². The summed E-state index contributed by atoms with van der Waals surface area (Å²) in [5, 5.41) is 12.1. The molecule has 0 unspecified atom stereocenters. The van der Waals surface area contributed by atoms with Crippen molar-refractivity contribution in [3.05, 3.63) is 45.9 Å². The number of hydrogen-bond donors (Lipinski definition) is 1. The Morgan fingerprint density at radius 2 is 2.07 bits per heavy atom. The Morgan fingerprint density at radius 1 is 1.31 bits per heavy atom. The number of rotatable bonds is 6.